The Hall–Kier alpha value is -1.30. The van der Waals surface area contributed by atoms with Gasteiger partial charge in [-0.05, 0) is 50.3 Å². The van der Waals surface area contributed by atoms with Crippen molar-refractivity contribution >= 4 is 11.3 Å². The molecule has 3 fully saturated rings. The number of thiazole rings is 1. The molecule has 0 N–H and O–H groups in total. The number of hydrogen-bond donors (Lipinski definition) is 0. The second kappa shape index (κ2) is 6.21. The van der Waals surface area contributed by atoms with Crippen molar-refractivity contribution in [1.29, 1.82) is 0 Å². The number of nitrogens with zero attached hydrogens (tertiary/aromatic N) is 3. The predicted octanol–water partition coefficient (Wildman–Crippen LogP) is 3.77. The van der Waals surface area contributed by atoms with E-state index >= 15 is 0 Å². The highest BCUT2D eigenvalue weighted by atomic mass is 32.1. The van der Waals surface area contributed by atoms with Gasteiger partial charge < -0.3 is 4.74 Å². The first kappa shape index (κ1) is 15.0. The number of piperidine rings is 1. The van der Waals surface area contributed by atoms with Gasteiger partial charge in [-0.2, -0.15) is 0 Å². The molecule has 5 heteroatoms. The topological polar surface area (TPSA) is 38.2 Å². The van der Waals surface area contributed by atoms with E-state index in [9.17, 15) is 0 Å². The van der Waals surface area contributed by atoms with Crippen molar-refractivity contribution < 1.29 is 4.74 Å². The summed E-state index contributed by atoms with van der Waals surface area (Å²) in [5.74, 6) is 1.44. The van der Waals surface area contributed by atoms with Gasteiger partial charge in [0.2, 0.25) is 0 Å². The van der Waals surface area contributed by atoms with E-state index in [4.69, 9.17) is 9.72 Å². The molecule has 5 rings (SSSR count). The normalized spacial score (nSPS) is 30.4. The molecule has 2 saturated heterocycles. The lowest BCUT2D eigenvalue weighted by atomic mass is 9.92. The summed E-state index contributed by atoms with van der Waals surface area (Å²) in [5.41, 5.74) is 2.46. The number of ether oxygens (including phenoxy) is 1. The van der Waals surface area contributed by atoms with E-state index in [0.717, 1.165) is 37.7 Å². The van der Waals surface area contributed by atoms with Crippen molar-refractivity contribution in [2.75, 3.05) is 13.1 Å². The quantitative estimate of drug-likeness (QED) is 0.848. The molecule has 0 radical (unpaired) electrons. The van der Waals surface area contributed by atoms with Gasteiger partial charge >= 0.3 is 0 Å². The zero-order valence-electron chi connectivity index (χ0n) is 13.8. The maximum Gasteiger partial charge on any atom is 0.122 e. The first-order valence-corrected chi connectivity index (χ1v) is 9.96. The van der Waals surface area contributed by atoms with Crippen LogP contribution in [0, 0.1) is 5.92 Å². The van der Waals surface area contributed by atoms with Gasteiger partial charge in [0.25, 0.3) is 0 Å². The largest absolute Gasteiger partial charge is 0.366 e. The maximum absolute atomic E-state index is 6.42. The van der Waals surface area contributed by atoms with E-state index in [1.807, 2.05) is 12.3 Å². The molecule has 0 spiro atoms. The minimum Gasteiger partial charge on any atom is -0.366 e. The Bertz CT molecular complexity index is 700. The third-order valence-corrected chi connectivity index (χ3v) is 6.51. The molecule has 0 unspecified atom stereocenters. The van der Waals surface area contributed by atoms with Crippen molar-refractivity contribution in [1.82, 2.24) is 14.9 Å². The highest BCUT2D eigenvalue weighted by molar-refractivity contribution is 7.09. The zero-order chi connectivity index (χ0) is 15.9. The Morgan fingerprint density at radius 2 is 2.21 bits per heavy atom. The molecule has 2 aromatic heterocycles. The first-order valence-electron chi connectivity index (χ1n) is 9.08. The van der Waals surface area contributed by atoms with E-state index < -0.39 is 0 Å². The highest BCUT2D eigenvalue weighted by Gasteiger charge is 2.41. The van der Waals surface area contributed by atoms with Crippen LogP contribution < -0.4 is 0 Å². The Morgan fingerprint density at radius 1 is 1.25 bits per heavy atom. The van der Waals surface area contributed by atoms with E-state index in [1.165, 1.54) is 30.0 Å². The summed E-state index contributed by atoms with van der Waals surface area (Å²) < 4.78 is 6.42. The van der Waals surface area contributed by atoms with Crippen LogP contribution >= 0.6 is 11.3 Å². The lowest BCUT2D eigenvalue weighted by molar-refractivity contribution is -0.00969. The fourth-order valence-corrected chi connectivity index (χ4v) is 4.98. The molecule has 3 aliphatic rings. The van der Waals surface area contributed by atoms with Crippen LogP contribution in [0.25, 0.3) is 0 Å². The van der Waals surface area contributed by atoms with E-state index in [1.54, 1.807) is 11.3 Å². The first-order chi connectivity index (χ1) is 11.8. The van der Waals surface area contributed by atoms with Crippen LogP contribution in [-0.2, 0) is 11.3 Å². The lowest BCUT2D eigenvalue weighted by Crippen LogP contribution is -2.41. The van der Waals surface area contributed by atoms with Gasteiger partial charge in [0, 0.05) is 30.6 Å². The molecule has 126 valence electrons. The summed E-state index contributed by atoms with van der Waals surface area (Å²) in [6.07, 6.45) is 7.50. The molecule has 1 saturated carbocycles. The van der Waals surface area contributed by atoms with Gasteiger partial charge in [-0.3, -0.25) is 9.88 Å². The third kappa shape index (κ3) is 3.01. The van der Waals surface area contributed by atoms with Gasteiger partial charge in [-0.15, -0.1) is 11.3 Å². The van der Waals surface area contributed by atoms with Crippen LogP contribution in [-0.4, -0.2) is 34.1 Å². The Kier molecular flexibility index (Phi) is 3.88. The summed E-state index contributed by atoms with van der Waals surface area (Å²) in [6.45, 7) is 3.11. The van der Waals surface area contributed by atoms with Gasteiger partial charge in [0.15, 0.2) is 0 Å². The van der Waals surface area contributed by atoms with Crippen LogP contribution in [0.5, 0.6) is 0 Å². The van der Waals surface area contributed by atoms with Gasteiger partial charge in [-0.1, -0.05) is 6.07 Å². The van der Waals surface area contributed by atoms with Crippen LogP contribution in [0.15, 0.2) is 29.8 Å². The van der Waals surface area contributed by atoms with Gasteiger partial charge in [-0.25, -0.2) is 4.98 Å². The molecule has 4 nitrogen and oxygen atoms in total. The summed E-state index contributed by atoms with van der Waals surface area (Å²) in [5, 5.41) is 3.47. The van der Waals surface area contributed by atoms with Crippen molar-refractivity contribution in [2.45, 2.75) is 50.4 Å². The molecule has 0 bridgehead atoms. The fourth-order valence-electron chi connectivity index (χ4n) is 4.03. The number of rotatable bonds is 4. The molecular weight excluding hydrogens is 318 g/mol. The van der Waals surface area contributed by atoms with E-state index in [0.29, 0.717) is 12.0 Å². The van der Waals surface area contributed by atoms with Crippen LogP contribution in [0.4, 0.5) is 0 Å². The molecule has 1 aliphatic carbocycles. The van der Waals surface area contributed by atoms with Crippen molar-refractivity contribution in [3.05, 3.63) is 46.2 Å². The van der Waals surface area contributed by atoms with Crippen LogP contribution in [0.1, 0.15) is 54.1 Å². The van der Waals surface area contributed by atoms with Crippen molar-refractivity contribution in [2.24, 2.45) is 5.92 Å². The SMILES string of the molecule is c1ccc(CN2CC[C@H]3C[C@H](c4nc(C5CC5)cs4)O[C@@H]3C2)nc1. The number of likely N-dealkylation sites (tertiary alicyclic amines) is 1. The third-order valence-electron chi connectivity index (χ3n) is 5.56. The number of aromatic nitrogens is 2. The number of pyridine rings is 1. The van der Waals surface area contributed by atoms with Crippen LogP contribution in [0.2, 0.25) is 0 Å². The van der Waals surface area contributed by atoms with E-state index in [2.05, 4.69) is 27.4 Å². The molecule has 4 heterocycles. The Balaban J connectivity index is 1.23. The lowest BCUT2D eigenvalue weighted by Gasteiger charge is -2.33. The molecule has 24 heavy (non-hydrogen) atoms. The van der Waals surface area contributed by atoms with Crippen molar-refractivity contribution in [3.63, 3.8) is 0 Å². The second-order valence-corrected chi connectivity index (χ2v) is 8.28. The minimum absolute atomic E-state index is 0.229. The van der Waals surface area contributed by atoms with Crippen LogP contribution in [0.3, 0.4) is 0 Å². The van der Waals surface area contributed by atoms with Crippen molar-refractivity contribution in [3.8, 4) is 0 Å². The molecular formula is C19H23N3OS. The number of fused-ring (bicyclic) bond motifs is 1. The summed E-state index contributed by atoms with van der Waals surface area (Å²) in [6, 6.07) is 6.15. The zero-order valence-corrected chi connectivity index (χ0v) is 14.6. The molecule has 0 aromatic carbocycles. The standard InChI is InChI=1S/C19H23N3OS/c1-2-7-20-15(3-1)10-22-8-6-14-9-17(23-18(14)11-22)19-21-16(12-24-19)13-4-5-13/h1-3,7,12-14,17-18H,4-6,8-11H2/t14-,17+,18+/m0/s1. The summed E-state index contributed by atoms with van der Waals surface area (Å²) in [4.78, 5) is 11.8. The second-order valence-electron chi connectivity index (χ2n) is 7.39. The minimum atomic E-state index is 0.229. The Labute approximate surface area is 146 Å². The number of hydrogen-bond acceptors (Lipinski definition) is 5. The molecule has 3 atom stereocenters. The average Bonchev–Trinajstić information content (AvgIpc) is 3.19. The molecule has 2 aromatic rings. The summed E-state index contributed by atoms with van der Waals surface area (Å²) in [7, 11) is 0. The van der Waals surface area contributed by atoms with Gasteiger partial charge in [0.1, 0.15) is 11.1 Å². The fraction of sp³-hybridized carbons (Fsp3) is 0.579. The highest BCUT2D eigenvalue weighted by Crippen LogP contribution is 2.45. The predicted molar refractivity (Wildman–Crippen MR) is 93.9 cm³/mol. The van der Waals surface area contributed by atoms with Gasteiger partial charge in [0.05, 0.1) is 17.5 Å². The Morgan fingerprint density at radius 3 is 3.04 bits per heavy atom. The van der Waals surface area contributed by atoms with E-state index in [-0.39, 0.29) is 6.10 Å². The summed E-state index contributed by atoms with van der Waals surface area (Å²) >= 11 is 1.80. The smallest absolute Gasteiger partial charge is 0.122 e. The average molecular weight is 341 g/mol. The maximum atomic E-state index is 6.42. The molecule has 0 amide bonds. The molecule has 2 aliphatic heterocycles. The monoisotopic (exact) mass is 341 g/mol.